The van der Waals surface area contributed by atoms with Crippen molar-refractivity contribution in [1.29, 1.82) is 0 Å². The molecule has 0 atom stereocenters. The van der Waals surface area contributed by atoms with Crippen LogP contribution in [0, 0.1) is 0 Å². The molecule has 1 heterocycles. The average Bonchev–Trinajstić information content (AvgIpc) is 2.54. The number of benzene rings is 1. The summed E-state index contributed by atoms with van der Waals surface area (Å²) in [5, 5.41) is 12.8. The largest absolute Gasteiger partial charge is 0.462 e. The number of rotatable bonds is 8. The van der Waals surface area contributed by atoms with Crippen LogP contribution in [0.5, 0.6) is 0 Å². The molecule has 0 aliphatic heterocycles. The number of fused-ring (bicyclic) bond motifs is 1. The number of aromatic nitrogens is 1. The van der Waals surface area contributed by atoms with Crippen molar-refractivity contribution in [2.75, 3.05) is 38.3 Å². The van der Waals surface area contributed by atoms with E-state index < -0.39 is 0 Å². The highest BCUT2D eigenvalue weighted by Crippen LogP contribution is 2.27. The second-order valence-electron chi connectivity index (χ2n) is 4.75. The average molecular weight is 384 g/mol. The summed E-state index contributed by atoms with van der Waals surface area (Å²) in [5.74, 6) is -0.385. The maximum Gasteiger partial charge on any atom is 0.346 e. The molecule has 1 aromatic carbocycles. The van der Waals surface area contributed by atoms with Crippen molar-refractivity contribution in [2.24, 2.45) is 0 Å². The molecule has 2 aromatic rings. The Kier molecular flexibility index (Phi) is 6.76. The molecule has 7 heteroatoms. The summed E-state index contributed by atoms with van der Waals surface area (Å²) >= 11 is 3.45. The van der Waals surface area contributed by atoms with E-state index >= 15 is 0 Å². The number of H-pyrrole nitrogens is 1. The number of ether oxygens (including phenoxy) is 2. The molecule has 0 amide bonds. The van der Waals surface area contributed by atoms with Gasteiger partial charge in [0.15, 0.2) is 6.20 Å². The Hall–Kier alpha value is -1.70. The Balaban J connectivity index is 2.32. The maximum absolute atomic E-state index is 12.2. The van der Waals surface area contributed by atoms with Crippen LogP contribution in [0.25, 0.3) is 10.9 Å². The Morgan fingerprint density at radius 1 is 1.39 bits per heavy atom. The molecule has 0 aliphatic rings. The van der Waals surface area contributed by atoms with Gasteiger partial charge in [-0.1, -0.05) is 15.9 Å². The number of anilines is 1. The van der Waals surface area contributed by atoms with Crippen molar-refractivity contribution in [1.82, 2.24) is 0 Å². The van der Waals surface area contributed by atoms with Crippen molar-refractivity contribution in [2.45, 2.75) is 6.92 Å². The molecule has 23 heavy (non-hydrogen) atoms. The minimum absolute atomic E-state index is 0.00967. The van der Waals surface area contributed by atoms with E-state index in [4.69, 9.17) is 14.6 Å². The molecule has 0 bridgehead atoms. The van der Waals surface area contributed by atoms with Crippen LogP contribution < -0.4 is 10.3 Å². The van der Waals surface area contributed by atoms with E-state index in [1.165, 1.54) is 0 Å². The fourth-order valence-corrected chi connectivity index (χ4v) is 2.55. The summed E-state index contributed by atoms with van der Waals surface area (Å²) in [6.45, 7) is 3.31. The number of aliphatic hydroxyl groups excluding tert-OH is 1. The van der Waals surface area contributed by atoms with Gasteiger partial charge in [0.25, 0.3) is 0 Å². The molecule has 0 saturated carbocycles. The SMILES string of the molecule is CCOC(=O)c1c[nH+]c2ccc(Br)cc2c1NCCOCCO. The van der Waals surface area contributed by atoms with Gasteiger partial charge in [-0.3, -0.25) is 0 Å². The zero-order valence-electron chi connectivity index (χ0n) is 12.9. The summed E-state index contributed by atoms with van der Waals surface area (Å²) in [6, 6.07) is 5.80. The molecule has 3 N–H and O–H groups in total. The standard InChI is InChI=1S/C16H19BrN2O4/c1-2-23-16(21)13-10-19-14-4-3-11(17)9-12(14)15(13)18-5-7-22-8-6-20/h3-4,9-10,20H,2,5-8H2,1H3,(H,18,19)/p+1. The number of halogens is 1. The van der Waals surface area contributed by atoms with Crippen molar-refractivity contribution in [3.8, 4) is 0 Å². The predicted octanol–water partition coefficient (Wildman–Crippen LogP) is 2.01. The summed E-state index contributed by atoms with van der Waals surface area (Å²) in [4.78, 5) is 15.3. The van der Waals surface area contributed by atoms with Crippen LogP contribution in [0.15, 0.2) is 28.9 Å². The van der Waals surface area contributed by atoms with Crippen LogP contribution in [0.4, 0.5) is 5.69 Å². The van der Waals surface area contributed by atoms with Gasteiger partial charge in [-0.2, -0.15) is 0 Å². The zero-order chi connectivity index (χ0) is 16.7. The Morgan fingerprint density at radius 3 is 2.96 bits per heavy atom. The maximum atomic E-state index is 12.2. The van der Waals surface area contributed by atoms with Crippen LogP contribution in [0.1, 0.15) is 17.3 Å². The van der Waals surface area contributed by atoms with Crippen LogP contribution >= 0.6 is 15.9 Å². The monoisotopic (exact) mass is 383 g/mol. The van der Waals surface area contributed by atoms with Gasteiger partial charge >= 0.3 is 5.97 Å². The fraction of sp³-hybridized carbons (Fsp3) is 0.375. The molecular weight excluding hydrogens is 364 g/mol. The van der Waals surface area contributed by atoms with Crippen molar-refractivity contribution in [3.05, 3.63) is 34.4 Å². The lowest BCUT2D eigenvalue weighted by Crippen LogP contribution is -2.18. The van der Waals surface area contributed by atoms with E-state index in [0.717, 1.165) is 15.4 Å². The Bertz CT molecular complexity index is 678. The number of hydrogen-bond acceptors (Lipinski definition) is 5. The molecule has 0 spiro atoms. The van der Waals surface area contributed by atoms with E-state index in [1.54, 1.807) is 13.1 Å². The van der Waals surface area contributed by atoms with Gasteiger partial charge in [0.05, 0.1) is 37.5 Å². The van der Waals surface area contributed by atoms with Crippen LogP contribution in [-0.4, -0.2) is 44.0 Å². The number of pyridine rings is 1. The first-order valence-electron chi connectivity index (χ1n) is 7.41. The fourth-order valence-electron chi connectivity index (χ4n) is 2.19. The molecular formula is C16H20BrN2O4+. The molecule has 6 nitrogen and oxygen atoms in total. The Labute approximate surface area is 142 Å². The van der Waals surface area contributed by atoms with E-state index in [1.807, 2.05) is 18.2 Å². The van der Waals surface area contributed by atoms with Gasteiger partial charge < -0.3 is 19.9 Å². The Morgan fingerprint density at radius 2 is 2.22 bits per heavy atom. The molecule has 0 fully saturated rings. The van der Waals surface area contributed by atoms with Gasteiger partial charge in [-0.15, -0.1) is 0 Å². The number of aliphatic hydroxyl groups is 1. The minimum Gasteiger partial charge on any atom is -0.462 e. The molecule has 0 radical (unpaired) electrons. The molecule has 0 aliphatic carbocycles. The summed E-state index contributed by atoms with van der Waals surface area (Å²) < 4.78 is 11.3. The van der Waals surface area contributed by atoms with Gasteiger partial charge in [0, 0.05) is 17.1 Å². The summed E-state index contributed by atoms with van der Waals surface area (Å²) in [7, 11) is 0. The van der Waals surface area contributed by atoms with Crippen molar-refractivity contribution < 1.29 is 24.4 Å². The number of carbonyl (C=O) groups excluding carboxylic acids is 1. The third kappa shape index (κ3) is 4.63. The summed E-state index contributed by atoms with van der Waals surface area (Å²) in [6.07, 6.45) is 1.64. The topological polar surface area (TPSA) is 81.9 Å². The number of hydrogen-bond donors (Lipinski definition) is 2. The summed E-state index contributed by atoms with van der Waals surface area (Å²) in [5.41, 5.74) is 2.05. The lowest BCUT2D eigenvalue weighted by molar-refractivity contribution is -0.344. The molecule has 0 unspecified atom stereocenters. The zero-order valence-corrected chi connectivity index (χ0v) is 14.5. The van der Waals surface area contributed by atoms with E-state index in [0.29, 0.717) is 37.6 Å². The number of carbonyl (C=O) groups is 1. The predicted molar refractivity (Wildman–Crippen MR) is 90.6 cm³/mol. The van der Waals surface area contributed by atoms with E-state index in [-0.39, 0.29) is 12.6 Å². The molecule has 0 saturated heterocycles. The lowest BCUT2D eigenvalue weighted by Gasteiger charge is -2.12. The quantitative estimate of drug-likeness (QED) is 0.538. The second kappa shape index (κ2) is 8.81. The van der Waals surface area contributed by atoms with Crippen LogP contribution in [0.2, 0.25) is 0 Å². The highest BCUT2D eigenvalue weighted by molar-refractivity contribution is 9.10. The first kappa shape index (κ1) is 17.7. The van der Waals surface area contributed by atoms with Gasteiger partial charge in [-0.25, -0.2) is 9.78 Å². The van der Waals surface area contributed by atoms with Gasteiger partial charge in [0.2, 0.25) is 5.52 Å². The highest BCUT2D eigenvalue weighted by Gasteiger charge is 2.20. The number of aromatic amines is 1. The van der Waals surface area contributed by atoms with E-state index in [9.17, 15) is 4.79 Å². The van der Waals surface area contributed by atoms with Crippen molar-refractivity contribution in [3.63, 3.8) is 0 Å². The first-order valence-corrected chi connectivity index (χ1v) is 8.20. The van der Waals surface area contributed by atoms with Crippen LogP contribution in [-0.2, 0) is 9.47 Å². The third-order valence-electron chi connectivity index (χ3n) is 3.17. The minimum atomic E-state index is -0.385. The molecule has 2 rings (SSSR count). The van der Waals surface area contributed by atoms with Crippen LogP contribution in [0.3, 0.4) is 0 Å². The highest BCUT2D eigenvalue weighted by atomic mass is 79.9. The molecule has 1 aromatic heterocycles. The van der Waals surface area contributed by atoms with E-state index in [2.05, 4.69) is 26.2 Å². The molecule has 124 valence electrons. The smallest absolute Gasteiger partial charge is 0.346 e. The van der Waals surface area contributed by atoms with Crippen molar-refractivity contribution >= 4 is 38.5 Å². The number of nitrogens with one attached hydrogen (secondary N) is 2. The second-order valence-corrected chi connectivity index (χ2v) is 5.67. The van der Waals surface area contributed by atoms with Gasteiger partial charge in [0.1, 0.15) is 5.56 Å². The first-order chi connectivity index (χ1) is 11.2. The normalized spacial score (nSPS) is 10.7. The lowest BCUT2D eigenvalue weighted by atomic mass is 10.1. The third-order valence-corrected chi connectivity index (χ3v) is 3.66. The van der Waals surface area contributed by atoms with Gasteiger partial charge in [-0.05, 0) is 19.1 Å². The number of esters is 1.